The van der Waals surface area contributed by atoms with Crippen LogP contribution in [0.1, 0.15) is 44.5 Å². The fourth-order valence-electron chi connectivity index (χ4n) is 2.61. The normalized spacial score (nSPS) is 12.9. The molecule has 1 heterocycles. The second-order valence-corrected chi connectivity index (χ2v) is 9.38. The Hall–Kier alpha value is -2.98. The highest BCUT2D eigenvalue weighted by Crippen LogP contribution is 2.27. The first kappa shape index (κ1) is 25.3. The van der Waals surface area contributed by atoms with Gasteiger partial charge in [0, 0.05) is 30.1 Å². The molecule has 10 heteroatoms. The highest BCUT2D eigenvalue weighted by Gasteiger charge is 2.18. The van der Waals surface area contributed by atoms with Crippen molar-refractivity contribution in [2.24, 2.45) is 22.1 Å². The van der Waals surface area contributed by atoms with Gasteiger partial charge in [-0.15, -0.1) is 11.3 Å². The van der Waals surface area contributed by atoms with E-state index in [4.69, 9.17) is 15.2 Å². The molecule has 2 amide bonds. The Morgan fingerprint density at radius 3 is 2.62 bits per heavy atom. The predicted molar refractivity (Wildman–Crippen MR) is 122 cm³/mol. The lowest BCUT2D eigenvalue weighted by atomic mass is 9.92. The minimum Gasteiger partial charge on any atom is -0.495 e. The maximum Gasteiger partial charge on any atom is 0.311 e. The van der Waals surface area contributed by atoms with E-state index < -0.39 is 17.8 Å². The first-order valence-electron chi connectivity index (χ1n) is 10.1. The number of hydrogen-bond acceptors (Lipinski definition) is 7. The molecule has 0 aliphatic carbocycles. The second-order valence-electron chi connectivity index (χ2n) is 8.50. The molecule has 1 atom stereocenters. The number of rotatable bonds is 8. The van der Waals surface area contributed by atoms with Crippen LogP contribution in [0, 0.1) is 11.3 Å². The standard InChI is InChI=1S/C22H30N4O5S/c1-14(12-23)20(29)31-13-26-8-9-32-21(26)25-19(28)15-6-7-16(17(10-15)30-5)24-18(27)11-22(2,3)4/h6-10,14H,11-13,23H2,1-5H3,(H,24,27). The third-order valence-electron chi connectivity index (χ3n) is 4.37. The van der Waals surface area contributed by atoms with Gasteiger partial charge in [-0.05, 0) is 23.6 Å². The fourth-order valence-corrected chi connectivity index (χ4v) is 3.33. The van der Waals surface area contributed by atoms with Crippen molar-refractivity contribution in [1.82, 2.24) is 4.57 Å². The molecular formula is C22H30N4O5S. The minimum atomic E-state index is -0.492. The van der Waals surface area contributed by atoms with E-state index in [1.165, 1.54) is 24.5 Å². The second kappa shape index (κ2) is 11.1. The third-order valence-corrected chi connectivity index (χ3v) is 5.17. The van der Waals surface area contributed by atoms with E-state index in [-0.39, 0.29) is 24.6 Å². The number of nitrogens with two attached hydrogens (primary N) is 1. The van der Waals surface area contributed by atoms with E-state index in [0.717, 1.165) is 0 Å². The van der Waals surface area contributed by atoms with Crippen LogP contribution < -0.4 is 20.6 Å². The van der Waals surface area contributed by atoms with Crippen molar-refractivity contribution in [2.75, 3.05) is 19.0 Å². The van der Waals surface area contributed by atoms with Gasteiger partial charge in [-0.3, -0.25) is 19.0 Å². The highest BCUT2D eigenvalue weighted by molar-refractivity contribution is 7.07. The number of nitrogens with one attached hydrogen (secondary N) is 1. The summed E-state index contributed by atoms with van der Waals surface area (Å²) in [4.78, 5) is 41.3. The topological polar surface area (TPSA) is 125 Å². The molecule has 1 unspecified atom stereocenters. The largest absolute Gasteiger partial charge is 0.495 e. The third kappa shape index (κ3) is 7.31. The van der Waals surface area contributed by atoms with Crippen LogP contribution in [-0.4, -0.2) is 36.0 Å². The van der Waals surface area contributed by atoms with Gasteiger partial charge in [-0.1, -0.05) is 27.7 Å². The molecule has 1 aromatic heterocycles. The van der Waals surface area contributed by atoms with Gasteiger partial charge in [0.1, 0.15) is 5.75 Å². The van der Waals surface area contributed by atoms with Crippen LogP contribution in [0.2, 0.25) is 0 Å². The summed E-state index contributed by atoms with van der Waals surface area (Å²) in [6, 6.07) is 4.71. The summed E-state index contributed by atoms with van der Waals surface area (Å²) < 4.78 is 12.1. The number of benzene rings is 1. The lowest BCUT2D eigenvalue weighted by molar-refractivity contribution is -0.151. The Labute approximate surface area is 191 Å². The summed E-state index contributed by atoms with van der Waals surface area (Å²) in [5, 5.41) is 4.55. The van der Waals surface area contributed by atoms with Gasteiger partial charge >= 0.3 is 5.97 Å². The number of anilines is 1. The Morgan fingerprint density at radius 1 is 1.28 bits per heavy atom. The van der Waals surface area contributed by atoms with E-state index in [2.05, 4.69) is 10.3 Å². The summed E-state index contributed by atoms with van der Waals surface area (Å²) in [6.45, 7) is 7.73. The number of nitrogens with zero attached hydrogens (tertiary/aromatic N) is 2. The quantitative estimate of drug-likeness (QED) is 0.581. The van der Waals surface area contributed by atoms with Gasteiger partial charge in [0.25, 0.3) is 5.91 Å². The molecule has 0 spiro atoms. The van der Waals surface area contributed by atoms with Crippen molar-refractivity contribution < 1.29 is 23.9 Å². The molecule has 3 N–H and O–H groups in total. The average molecular weight is 463 g/mol. The summed E-state index contributed by atoms with van der Waals surface area (Å²) in [6.07, 6.45) is 2.02. The number of aromatic nitrogens is 1. The number of carbonyl (C=O) groups is 3. The number of thiazole rings is 1. The van der Waals surface area contributed by atoms with Crippen LogP contribution in [0.5, 0.6) is 5.75 Å². The first-order valence-corrected chi connectivity index (χ1v) is 11.0. The smallest absolute Gasteiger partial charge is 0.311 e. The molecule has 174 valence electrons. The monoisotopic (exact) mass is 462 g/mol. The molecular weight excluding hydrogens is 432 g/mol. The summed E-state index contributed by atoms with van der Waals surface area (Å²) in [5.74, 6) is -1.10. The average Bonchev–Trinajstić information content (AvgIpc) is 3.16. The summed E-state index contributed by atoms with van der Waals surface area (Å²) in [7, 11) is 1.46. The van der Waals surface area contributed by atoms with Crippen molar-refractivity contribution in [3.63, 3.8) is 0 Å². The fraction of sp³-hybridized carbons (Fsp3) is 0.455. The van der Waals surface area contributed by atoms with Crippen LogP contribution in [0.25, 0.3) is 0 Å². The van der Waals surface area contributed by atoms with E-state index >= 15 is 0 Å². The van der Waals surface area contributed by atoms with Crippen LogP contribution in [0.3, 0.4) is 0 Å². The van der Waals surface area contributed by atoms with Crippen molar-refractivity contribution in [2.45, 2.75) is 40.8 Å². The maximum atomic E-state index is 12.7. The molecule has 0 bridgehead atoms. The molecule has 1 aromatic carbocycles. The minimum absolute atomic E-state index is 0.0686. The van der Waals surface area contributed by atoms with Crippen molar-refractivity contribution in [3.05, 3.63) is 40.1 Å². The lowest BCUT2D eigenvalue weighted by Crippen LogP contribution is -2.26. The van der Waals surface area contributed by atoms with E-state index in [1.54, 1.807) is 35.2 Å². The van der Waals surface area contributed by atoms with Gasteiger partial charge in [0.05, 0.1) is 18.7 Å². The zero-order valence-corrected chi connectivity index (χ0v) is 19.8. The van der Waals surface area contributed by atoms with Gasteiger partial charge in [-0.25, -0.2) is 0 Å². The SMILES string of the molecule is COc1cc(C(=O)N=c2sccn2COC(=O)C(C)CN)ccc1NC(=O)CC(C)(C)C. The Balaban J connectivity index is 2.17. The Morgan fingerprint density at radius 2 is 2.00 bits per heavy atom. The maximum absolute atomic E-state index is 12.7. The number of hydrogen-bond donors (Lipinski definition) is 2. The van der Waals surface area contributed by atoms with Crippen molar-refractivity contribution >= 4 is 34.8 Å². The summed E-state index contributed by atoms with van der Waals surface area (Å²) >= 11 is 1.24. The highest BCUT2D eigenvalue weighted by atomic mass is 32.1. The molecule has 0 aliphatic rings. The number of ether oxygens (including phenoxy) is 2. The lowest BCUT2D eigenvalue weighted by Gasteiger charge is -2.18. The van der Waals surface area contributed by atoms with Gasteiger partial charge in [0.15, 0.2) is 11.5 Å². The number of esters is 1. The van der Waals surface area contributed by atoms with Crippen LogP contribution in [0.4, 0.5) is 5.69 Å². The molecule has 0 fully saturated rings. The number of methoxy groups -OCH3 is 1. The predicted octanol–water partition coefficient (Wildman–Crippen LogP) is 2.77. The molecule has 0 saturated carbocycles. The van der Waals surface area contributed by atoms with Crippen molar-refractivity contribution in [3.8, 4) is 5.75 Å². The van der Waals surface area contributed by atoms with E-state index in [0.29, 0.717) is 28.2 Å². The van der Waals surface area contributed by atoms with Gasteiger partial charge < -0.3 is 20.5 Å². The van der Waals surface area contributed by atoms with Gasteiger partial charge in [0.2, 0.25) is 5.91 Å². The molecule has 9 nitrogen and oxygen atoms in total. The number of carbonyl (C=O) groups excluding carboxylic acids is 3. The van der Waals surface area contributed by atoms with E-state index in [1.807, 2.05) is 20.8 Å². The Kier molecular flexibility index (Phi) is 8.73. The van der Waals surface area contributed by atoms with Crippen molar-refractivity contribution in [1.29, 1.82) is 0 Å². The molecule has 0 saturated heterocycles. The number of amides is 2. The zero-order chi connectivity index (χ0) is 23.9. The summed E-state index contributed by atoms with van der Waals surface area (Å²) in [5.41, 5.74) is 6.09. The van der Waals surface area contributed by atoms with Gasteiger partial charge in [-0.2, -0.15) is 4.99 Å². The van der Waals surface area contributed by atoms with E-state index in [9.17, 15) is 14.4 Å². The molecule has 32 heavy (non-hydrogen) atoms. The first-order chi connectivity index (χ1) is 15.0. The van der Waals surface area contributed by atoms with Crippen LogP contribution in [-0.2, 0) is 21.1 Å². The molecule has 0 radical (unpaired) electrons. The molecule has 2 aromatic rings. The molecule has 0 aliphatic heterocycles. The van der Waals surface area contributed by atoms with Crippen LogP contribution >= 0.6 is 11.3 Å². The zero-order valence-electron chi connectivity index (χ0n) is 19.0. The Bertz CT molecular complexity index is 1040. The molecule has 2 rings (SSSR count). The van der Waals surface area contributed by atoms with Crippen LogP contribution in [0.15, 0.2) is 34.8 Å².